The molecule has 2 aliphatic rings. The van der Waals surface area contributed by atoms with Gasteiger partial charge in [0.1, 0.15) is 28.7 Å². The number of carbonyl (C=O) groups excluding carboxylic acids is 2. The molecule has 68 heavy (non-hydrogen) atoms. The summed E-state index contributed by atoms with van der Waals surface area (Å²) in [4.78, 5) is 38.0. The Kier molecular flexibility index (Phi) is 13.3. The first-order valence-corrected chi connectivity index (χ1v) is 22.7. The number of nitrogens with zero attached hydrogens (tertiary/aromatic N) is 2. The van der Waals surface area contributed by atoms with Crippen molar-refractivity contribution in [2.45, 2.75) is 24.9 Å². The number of fused-ring (bicyclic) bond motifs is 6. The minimum Gasteiger partial charge on any atom is -0.497 e. The molecule has 4 amide bonds. The first-order valence-electron chi connectivity index (χ1n) is 22.0. The van der Waals surface area contributed by atoms with Crippen LogP contribution in [-0.4, -0.2) is 80.5 Å². The van der Waals surface area contributed by atoms with E-state index in [2.05, 4.69) is 20.6 Å². The summed E-state index contributed by atoms with van der Waals surface area (Å²) in [6, 6.07) is 39.0. The topological polar surface area (TPSA) is 142 Å². The number of methoxy groups -OCH3 is 5. The molecule has 15 heteroatoms. The molecule has 0 saturated carbocycles. The third-order valence-electron chi connectivity index (χ3n) is 12.6. The normalized spacial score (nSPS) is 15.1. The Morgan fingerprint density at radius 2 is 0.956 bits per heavy atom. The van der Waals surface area contributed by atoms with Crippen molar-refractivity contribution >= 4 is 68.4 Å². The van der Waals surface area contributed by atoms with Crippen LogP contribution in [0.15, 0.2) is 127 Å². The molecule has 0 fully saturated rings. The van der Waals surface area contributed by atoms with Gasteiger partial charge in [0.2, 0.25) is 0 Å². The average molecular weight is 954 g/mol. The number of urea groups is 2. The number of nitrogens with one attached hydrogen (secondary N) is 4. The lowest BCUT2D eigenvalue weighted by Gasteiger charge is -2.36. The second-order valence-corrected chi connectivity index (χ2v) is 17.2. The van der Waals surface area contributed by atoms with Gasteiger partial charge in [-0.3, -0.25) is 0 Å². The number of ether oxygens (including phenoxy) is 5. The van der Waals surface area contributed by atoms with Crippen molar-refractivity contribution in [1.29, 1.82) is 0 Å². The SMILES string of the molecule is COc1ccc(C2c3[nH]c4ccc(Cl)cc4c3CCN2C(=O)Nc2ccc(OC)cc2OC)cc1.COc1ccc(C2c3[nH]c4ccc(Cl)cc4c3CCN2C(=O)Nc2ccccc2OC)cc1. The maximum Gasteiger partial charge on any atom is 0.322 e. The smallest absolute Gasteiger partial charge is 0.322 e. The van der Waals surface area contributed by atoms with Crippen LogP contribution in [0.1, 0.15) is 45.7 Å². The van der Waals surface area contributed by atoms with Crippen molar-refractivity contribution in [2.75, 3.05) is 59.3 Å². The number of amides is 4. The summed E-state index contributed by atoms with van der Waals surface area (Å²) >= 11 is 12.6. The van der Waals surface area contributed by atoms with Crippen molar-refractivity contribution in [3.8, 4) is 28.7 Å². The Morgan fingerprint density at radius 1 is 0.515 bits per heavy atom. The van der Waals surface area contributed by atoms with Gasteiger partial charge in [0, 0.05) is 62.4 Å². The molecule has 2 aliphatic heterocycles. The monoisotopic (exact) mass is 952 g/mol. The largest absolute Gasteiger partial charge is 0.497 e. The van der Waals surface area contributed by atoms with Crippen LogP contribution in [0.5, 0.6) is 28.7 Å². The van der Waals surface area contributed by atoms with Crippen molar-refractivity contribution in [2.24, 2.45) is 0 Å². The van der Waals surface area contributed by atoms with Crippen molar-refractivity contribution in [3.05, 3.63) is 171 Å². The van der Waals surface area contributed by atoms with Gasteiger partial charge in [0.25, 0.3) is 0 Å². The fourth-order valence-corrected chi connectivity index (χ4v) is 9.59. The molecule has 0 aliphatic carbocycles. The van der Waals surface area contributed by atoms with Gasteiger partial charge in [0.05, 0.1) is 59.0 Å². The minimum absolute atomic E-state index is 0.192. The second kappa shape index (κ2) is 19.8. The van der Waals surface area contributed by atoms with Crippen LogP contribution in [-0.2, 0) is 12.8 Å². The van der Waals surface area contributed by atoms with E-state index >= 15 is 0 Å². The Hall–Kier alpha value is -7.48. The summed E-state index contributed by atoms with van der Waals surface area (Å²) in [7, 11) is 8.02. The summed E-state index contributed by atoms with van der Waals surface area (Å²) in [6.07, 6.45) is 1.43. The van der Waals surface area contributed by atoms with Gasteiger partial charge in [-0.1, -0.05) is 59.6 Å². The van der Waals surface area contributed by atoms with Crippen LogP contribution >= 0.6 is 23.2 Å². The molecular formula is C53H50Cl2N6O7. The molecule has 2 unspecified atom stereocenters. The summed E-state index contributed by atoms with van der Waals surface area (Å²) in [5.74, 6) is 3.31. The van der Waals surface area contributed by atoms with Gasteiger partial charge in [0.15, 0.2) is 0 Å². The van der Waals surface area contributed by atoms with Crippen molar-refractivity contribution in [1.82, 2.24) is 19.8 Å². The van der Waals surface area contributed by atoms with Crippen molar-refractivity contribution < 1.29 is 33.3 Å². The highest BCUT2D eigenvalue weighted by Crippen LogP contribution is 2.42. The number of H-pyrrole nitrogens is 2. The van der Waals surface area contributed by atoms with E-state index in [0.29, 0.717) is 58.2 Å². The molecule has 2 aromatic heterocycles. The van der Waals surface area contributed by atoms with Crippen LogP contribution in [0.4, 0.5) is 21.0 Å². The van der Waals surface area contributed by atoms with Gasteiger partial charge in [-0.25, -0.2) is 9.59 Å². The van der Waals surface area contributed by atoms with Gasteiger partial charge in [-0.2, -0.15) is 0 Å². The van der Waals surface area contributed by atoms with Gasteiger partial charge < -0.3 is 54.1 Å². The molecule has 348 valence electrons. The molecule has 2 atom stereocenters. The van der Waals surface area contributed by atoms with Crippen LogP contribution in [0.3, 0.4) is 0 Å². The second-order valence-electron chi connectivity index (χ2n) is 16.3. The standard InChI is InChI=1S/C27H26ClN3O4.C26H24ClN3O3/c1-33-18-7-4-16(5-8-18)26-25-20(21-14-17(28)6-10-22(21)29-25)12-13-31(26)27(32)30-23-11-9-19(34-2)15-24(23)35-3;1-32-18-10-7-16(8-11-18)25-24-19(20-15-17(27)9-12-21(20)28-24)13-14-30(25)26(31)29-22-5-3-4-6-23(22)33-2/h4-11,14-15,26,29H,12-13H2,1-3H3,(H,30,32);3-12,15,25,28H,13-14H2,1-2H3,(H,29,31). The average Bonchev–Trinajstić information content (AvgIpc) is 3.93. The van der Waals surface area contributed by atoms with Gasteiger partial charge >= 0.3 is 12.1 Å². The molecule has 4 heterocycles. The Labute approximate surface area is 403 Å². The number of aromatic nitrogens is 2. The predicted octanol–water partition coefficient (Wildman–Crippen LogP) is 12.0. The van der Waals surface area contributed by atoms with Crippen LogP contribution in [0.25, 0.3) is 21.8 Å². The van der Waals surface area contributed by atoms with Crippen LogP contribution in [0.2, 0.25) is 10.0 Å². The van der Waals surface area contributed by atoms with Gasteiger partial charge in [-0.05, 0) is 120 Å². The number of hydrogen-bond donors (Lipinski definition) is 4. The number of para-hydroxylation sites is 2. The van der Waals surface area contributed by atoms with Gasteiger partial charge in [-0.15, -0.1) is 0 Å². The third-order valence-corrected chi connectivity index (χ3v) is 13.0. The van der Waals surface area contributed by atoms with E-state index in [9.17, 15) is 9.59 Å². The fourth-order valence-electron chi connectivity index (χ4n) is 9.25. The predicted molar refractivity (Wildman–Crippen MR) is 268 cm³/mol. The Balaban J connectivity index is 0.000000170. The lowest BCUT2D eigenvalue weighted by atomic mass is 9.92. The maximum absolute atomic E-state index is 13.6. The maximum atomic E-state index is 13.6. The molecule has 8 aromatic rings. The van der Waals surface area contributed by atoms with Crippen LogP contribution in [0, 0.1) is 0 Å². The third kappa shape index (κ3) is 9.02. The summed E-state index contributed by atoms with van der Waals surface area (Å²) < 4.78 is 26.8. The zero-order chi connectivity index (χ0) is 47.5. The van der Waals surface area contributed by atoms with E-state index in [-0.39, 0.29) is 24.1 Å². The fraction of sp³-hybridized carbons (Fsp3) is 0.208. The number of halogens is 2. The molecule has 4 N–H and O–H groups in total. The first kappa shape index (κ1) is 45.7. The van der Waals surface area contributed by atoms with E-state index in [4.69, 9.17) is 46.9 Å². The van der Waals surface area contributed by atoms with E-state index in [1.807, 2.05) is 119 Å². The van der Waals surface area contributed by atoms with E-state index in [1.54, 1.807) is 53.7 Å². The number of anilines is 2. The molecule has 0 spiro atoms. The van der Waals surface area contributed by atoms with E-state index < -0.39 is 0 Å². The molecule has 13 nitrogen and oxygen atoms in total. The number of aromatic amines is 2. The Morgan fingerprint density at radius 3 is 1.41 bits per heavy atom. The molecule has 0 radical (unpaired) electrons. The number of benzene rings is 6. The molecule has 10 rings (SSSR count). The minimum atomic E-state index is -0.319. The zero-order valence-corrected chi connectivity index (χ0v) is 39.6. The van der Waals surface area contributed by atoms with E-state index in [0.717, 1.165) is 62.2 Å². The summed E-state index contributed by atoms with van der Waals surface area (Å²) in [5.41, 5.74) is 9.52. The highest BCUT2D eigenvalue weighted by molar-refractivity contribution is 6.31. The number of rotatable bonds is 9. The molecule has 0 saturated heterocycles. The van der Waals surface area contributed by atoms with E-state index in [1.165, 1.54) is 11.1 Å². The highest BCUT2D eigenvalue weighted by atomic mass is 35.5. The number of hydrogen-bond acceptors (Lipinski definition) is 7. The lowest BCUT2D eigenvalue weighted by molar-refractivity contribution is 0.192. The molecular weight excluding hydrogens is 904 g/mol. The number of carbonyl (C=O) groups is 2. The summed E-state index contributed by atoms with van der Waals surface area (Å²) in [6.45, 7) is 1.09. The lowest BCUT2D eigenvalue weighted by Crippen LogP contribution is -2.43. The zero-order valence-electron chi connectivity index (χ0n) is 38.1. The molecule has 6 aromatic carbocycles. The van der Waals surface area contributed by atoms with Crippen molar-refractivity contribution in [3.63, 3.8) is 0 Å². The summed E-state index contributed by atoms with van der Waals surface area (Å²) in [5, 5.41) is 9.62. The highest BCUT2D eigenvalue weighted by Gasteiger charge is 2.37. The van der Waals surface area contributed by atoms with Crippen LogP contribution < -0.4 is 34.3 Å². The Bertz CT molecular complexity index is 3120. The quantitative estimate of drug-likeness (QED) is 0.113. The first-order chi connectivity index (χ1) is 33.1. The molecule has 0 bridgehead atoms.